The first kappa shape index (κ1) is 12.1. The van der Waals surface area contributed by atoms with Gasteiger partial charge in [0, 0.05) is 30.6 Å². The summed E-state index contributed by atoms with van der Waals surface area (Å²) in [7, 11) is 0. The zero-order valence-electron chi connectivity index (χ0n) is 10.4. The number of pyridine rings is 1. The first-order valence-corrected chi connectivity index (χ1v) is 5.92. The Hall–Kier alpha value is -1.33. The van der Waals surface area contributed by atoms with E-state index in [4.69, 9.17) is 10.6 Å². The maximum absolute atomic E-state index is 5.69. The maximum Gasteiger partial charge on any atom is 0.141 e. The SMILES string of the molecule is CC1(C)CC(Nc2ccnc(NN)c2)CCO1. The van der Waals surface area contributed by atoms with Crippen molar-refractivity contribution < 1.29 is 4.74 Å². The molecule has 0 aromatic carbocycles. The highest BCUT2D eigenvalue weighted by Crippen LogP contribution is 2.26. The van der Waals surface area contributed by atoms with Gasteiger partial charge in [0.05, 0.1) is 5.60 Å². The lowest BCUT2D eigenvalue weighted by atomic mass is 9.94. The lowest BCUT2D eigenvalue weighted by Gasteiger charge is -2.36. The van der Waals surface area contributed by atoms with E-state index in [1.165, 1.54) is 0 Å². The molecule has 1 aliphatic rings. The molecular weight excluding hydrogens is 216 g/mol. The molecule has 4 N–H and O–H groups in total. The molecule has 1 fully saturated rings. The monoisotopic (exact) mass is 236 g/mol. The quantitative estimate of drug-likeness (QED) is 0.550. The summed E-state index contributed by atoms with van der Waals surface area (Å²) in [6.07, 6.45) is 3.76. The minimum atomic E-state index is -0.0438. The van der Waals surface area contributed by atoms with E-state index in [1.807, 2.05) is 12.1 Å². The van der Waals surface area contributed by atoms with E-state index in [0.29, 0.717) is 11.9 Å². The van der Waals surface area contributed by atoms with Crippen molar-refractivity contribution in [1.29, 1.82) is 0 Å². The number of nitrogen functional groups attached to an aromatic ring is 1. The smallest absolute Gasteiger partial charge is 0.141 e. The van der Waals surface area contributed by atoms with Crippen LogP contribution in [0.5, 0.6) is 0 Å². The van der Waals surface area contributed by atoms with Gasteiger partial charge in [-0.1, -0.05) is 0 Å². The molecule has 94 valence electrons. The summed E-state index contributed by atoms with van der Waals surface area (Å²) in [5.74, 6) is 6.00. The van der Waals surface area contributed by atoms with Crippen LogP contribution in [0.15, 0.2) is 18.3 Å². The Morgan fingerprint density at radius 1 is 1.53 bits per heavy atom. The highest BCUT2D eigenvalue weighted by atomic mass is 16.5. The van der Waals surface area contributed by atoms with E-state index in [-0.39, 0.29) is 5.60 Å². The summed E-state index contributed by atoms with van der Waals surface area (Å²) in [5.41, 5.74) is 3.54. The number of hydrogen-bond acceptors (Lipinski definition) is 5. The molecule has 1 atom stereocenters. The van der Waals surface area contributed by atoms with Crippen molar-refractivity contribution in [3.05, 3.63) is 18.3 Å². The molecule has 17 heavy (non-hydrogen) atoms. The minimum Gasteiger partial charge on any atom is -0.382 e. The third-order valence-corrected chi connectivity index (χ3v) is 2.98. The molecule has 1 unspecified atom stereocenters. The predicted molar refractivity (Wildman–Crippen MR) is 68.7 cm³/mol. The van der Waals surface area contributed by atoms with Crippen molar-refractivity contribution >= 4 is 11.5 Å². The average Bonchev–Trinajstić information content (AvgIpc) is 2.28. The first-order chi connectivity index (χ1) is 8.09. The molecule has 0 radical (unpaired) electrons. The largest absolute Gasteiger partial charge is 0.382 e. The second-order valence-electron chi connectivity index (χ2n) is 5.02. The molecular formula is C12H20N4O. The zero-order chi connectivity index (χ0) is 12.3. The third kappa shape index (κ3) is 3.31. The van der Waals surface area contributed by atoms with Crippen LogP contribution in [-0.4, -0.2) is 23.2 Å². The molecule has 0 saturated carbocycles. The summed E-state index contributed by atoms with van der Waals surface area (Å²) < 4.78 is 5.69. The summed E-state index contributed by atoms with van der Waals surface area (Å²) in [5, 5.41) is 3.50. The fourth-order valence-electron chi connectivity index (χ4n) is 2.19. The Bertz CT molecular complexity index is 381. The highest BCUT2D eigenvalue weighted by Gasteiger charge is 2.28. The van der Waals surface area contributed by atoms with Gasteiger partial charge in [-0.05, 0) is 32.8 Å². The second-order valence-corrected chi connectivity index (χ2v) is 5.02. The van der Waals surface area contributed by atoms with E-state index in [9.17, 15) is 0 Å². The molecule has 0 spiro atoms. The summed E-state index contributed by atoms with van der Waals surface area (Å²) in [6.45, 7) is 5.05. The predicted octanol–water partition coefficient (Wildman–Crippen LogP) is 1.74. The lowest BCUT2D eigenvalue weighted by molar-refractivity contribution is -0.0553. The van der Waals surface area contributed by atoms with Crippen molar-refractivity contribution in [3.8, 4) is 0 Å². The molecule has 2 heterocycles. The van der Waals surface area contributed by atoms with Crippen LogP contribution in [-0.2, 0) is 4.74 Å². The molecule has 2 rings (SSSR count). The van der Waals surface area contributed by atoms with Crippen LogP contribution in [0.3, 0.4) is 0 Å². The van der Waals surface area contributed by atoms with Crippen LogP contribution in [0.25, 0.3) is 0 Å². The number of nitrogens with one attached hydrogen (secondary N) is 2. The van der Waals surface area contributed by atoms with E-state index >= 15 is 0 Å². The number of aromatic nitrogens is 1. The molecule has 1 aliphatic heterocycles. The fraction of sp³-hybridized carbons (Fsp3) is 0.583. The molecule has 0 amide bonds. The van der Waals surface area contributed by atoms with Crippen LogP contribution in [0.1, 0.15) is 26.7 Å². The zero-order valence-corrected chi connectivity index (χ0v) is 10.4. The Morgan fingerprint density at radius 2 is 2.35 bits per heavy atom. The number of hydrazine groups is 1. The van der Waals surface area contributed by atoms with Crippen LogP contribution < -0.4 is 16.6 Å². The highest BCUT2D eigenvalue weighted by molar-refractivity contribution is 5.51. The van der Waals surface area contributed by atoms with Crippen LogP contribution in [0.2, 0.25) is 0 Å². The van der Waals surface area contributed by atoms with Crippen molar-refractivity contribution in [2.24, 2.45) is 5.84 Å². The van der Waals surface area contributed by atoms with Crippen LogP contribution >= 0.6 is 0 Å². The molecule has 1 aromatic heterocycles. The van der Waals surface area contributed by atoms with Gasteiger partial charge in [0.1, 0.15) is 5.82 Å². The minimum absolute atomic E-state index is 0.0438. The molecule has 5 nitrogen and oxygen atoms in total. The van der Waals surface area contributed by atoms with Crippen molar-refractivity contribution in [1.82, 2.24) is 4.98 Å². The van der Waals surface area contributed by atoms with Gasteiger partial charge in [-0.15, -0.1) is 0 Å². The Morgan fingerprint density at radius 3 is 3.06 bits per heavy atom. The summed E-state index contributed by atoms with van der Waals surface area (Å²) >= 11 is 0. The van der Waals surface area contributed by atoms with E-state index in [0.717, 1.165) is 25.1 Å². The molecule has 5 heteroatoms. The van der Waals surface area contributed by atoms with E-state index in [1.54, 1.807) is 6.20 Å². The van der Waals surface area contributed by atoms with Gasteiger partial charge in [0.2, 0.25) is 0 Å². The van der Waals surface area contributed by atoms with Gasteiger partial charge >= 0.3 is 0 Å². The van der Waals surface area contributed by atoms with Crippen LogP contribution in [0.4, 0.5) is 11.5 Å². The topological polar surface area (TPSA) is 72.2 Å². The molecule has 1 aromatic rings. The lowest BCUT2D eigenvalue weighted by Crippen LogP contribution is -2.40. The van der Waals surface area contributed by atoms with Crippen molar-refractivity contribution in [2.75, 3.05) is 17.3 Å². The van der Waals surface area contributed by atoms with Crippen LogP contribution in [0, 0.1) is 0 Å². The maximum atomic E-state index is 5.69. The Labute approximate surface area is 102 Å². The van der Waals surface area contributed by atoms with Gasteiger partial charge < -0.3 is 15.5 Å². The second kappa shape index (κ2) is 4.89. The van der Waals surface area contributed by atoms with Gasteiger partial charge in [0.15, 0.2) is 0 Å². The number of anilines is 2. The Balaban J connectivity index is 2.00. The van der Waals surface area contributed by atoms with Gasteiger partial charge in [-0.3, -0.25) is 0 Å². The molecule has 0 bridgehead atoms. The fourth-order valence-corrected chi connectivity index (χ4v) is 2.19. The number of ether oxygens (including phenoxy) is 1. The standard InChI is InChI=1S/C12H20N4O/c1-12(2)8-10(4-6-17-12)15-9-3-5-14-11(7-9)16-13/h3,5,7,10H,4,6,8,13H2,1-2H3,(H2,14,15,16). The molecule has 0 aliphatic carbocycles. The van der Waals surface area contributed by atoms with Gasteiger partial charge in [-0.25, -0.2) is 10.8 Å². The normalized spacial score (nSPS) is 23.1. The van der Waals surface area contributed by atoms with Gasteiger partial charge in [0.25, 0.3) is 0 Å². The van der Waals surface area contributed by atoms with Gasteiger partial charge in [-0.2, -0.15) is 0 Å². The number of rotatable bonds is 3. The summed E-state index contributed by atoms with van der Waals surface area (Å²) in [4.78, 5) is 4.08. The van der Waals surface area contributed by atoms with Crippen molar-refractivity contribution in [2.45, 2.75) is 38.3 Å². The Kier molecular flexibility index (Phi) is 3.49. The average molecular weight is 236 g/mol. The number of nitrogens with two attached hydrogens (primary N) is 1. The number of nitrogens with zero attached hydrogens (tertiary/aromatic N) is 1. The molecule has 1 saturated heterocycles. The third-order valence-electron chi connectivity index (χ3n) is 2.98. The summed E-state index contributed by atoms with van der Waals surface area (Å²) in [6, 6.07) is 4.29. The van der Waals surface area contributed by atoms with E-state index in [2.05, 4.69) is 29.6 Å². The number of hydrogen-bond donors (Lipinski definition) is 3. The first-order valence-electron chi connectivity index (χ1n) is 5.92. The van der Waals surface area contributed by atoms with E-state index < -0.39 is 0 Å². The van der Waals surface area contributed by atoms with Crippen molar-refractivity contribution in [3.63, 3.8) is 0 Å².